The van der Waals surface area contributed by atoms with Crippen molar-refractivity contribution in [3.63, 3.8) is 0 Å². The van der Waals surface area contributed by atoms with E-state index in [0.29, 0.717) is 18.3 Å². The van der Waals surface area contributed by atoms with Crippen molar-refractivity contribution in [2.45, 2.75) is 163 Å². The number of carbonyl (C=O) groups is 1. The molecule has 0 fully saturated rings. The van der Waals surface area contributed by atoms with Crippen LogP contribution in [0.15, 0.2) is 0 Å². The molecule has 0 aliphatic heterocycles. The summed E-state index contributed by atoms with van der Waals surface area (Å²) in [5.41, 5.74) is 11.2. The van der Waals surface area contributed by atoms with Crippen molar-refractivity contribution < 1.29 is 4.79 Å². The number of carbonyl (C=O) groups excluding carboxylic acids is 1. The topological polar surface area (TPSA) is 105 Å². The minimum Gasteiger partial charge on any atom is -0.356 e. The van der Waals surface area contributed by atoms with E-state index in [1.807, 2.05) is 0 Å². The predicted octanol–water partition coefficient (Wildman–Crippen LogP) is 7.94. The Balaban J connectivity index is 3.80. The highest BCUT2D eigenvalue weighted by Crippen LogP contribution is 2.22. The van der Waals surface area contributed by atoms with Crippen molar-refractivity contribution in [2.24, 2.45) is 35.1 Å². The van der Waals surface area contributed by atoms with Gasteiger partial charge in [0.25, 0.3) is 0 Å². The van der Waals surface area contributed by atoms with Crippen LogP contribution in [0.5, 0.6) is 0 Å². The zero-order valence-electron chi connectivity index (χ0n) is 29.7. The standard InChI is InChI=1S/C37H79N5O/c1-5-6-18-33(2)19-10-11-20-34(3)21-17-22-35(4)24-25-37(43)42-30-14-8-7-9-23-36(31-40-28-15-12-26-38)32-41-29-16-13-27-39/h33-36,40-41H,5-32,38-39H2,1-4H3,(H,42,43). The average Bonchev–Trinajstić information content (AvgIpc) is 2.99. The highest BCUT2D eigenvalue weighted by Gasteiger charge is 2.10. The van der Waals surface area contributed by atoms with Gasteiger partial charge in [0.15, 0.2) is 0 Å². The third kappa shape index (κ3) is 31.1. The second kappa shape index (κ2) is 32.7. The van der Waals surface area contributed by atoms with Crippen LogP contribution < -0.4 is 27.4 Å². The summed E-state index contributed by atoms with van der Waals surface area (Å²) in [4.78, 5) is 12.4. The molecule has 1 amide bonds. The minimum atomic E-state index is 0.245. The molecule has 0 aromatic carbocycles. The lowest BCUT2D eigenvalue weighted by Gasteiger charge is -2.18. The fourth-order valence-electron chi connectivity index (χ4n) is 6.07. The maximum absolute atomic E-state index is 12.4. The Morgan fingerprint density at radius 2 is 1.00 bits per heavy atom. The number of amides is 1. The molecule has 6 heteroatoms. The summed E-state index contributed by atoms with van der Waals surface area (Å²) >= 11 is 0. The lowest BCUT2D eigenvalue weighted by Crippen LogP contribution is -2.32. The van der Waals surface area contributed by atoms with Gasteiger partial charge in [0.2, 0.25) is 5.91 Å². The summed E-state index contributed by atoms with van der Waals surface area (Å²) < 4.78 is 0. The first-order valence-electron chi connectivity index (χ1n) is 19.0. The first kappa shape index (κ1) is 42.3. The third-order valence-electron chi connectivity index (χ3n) is 9.30. The maximum atomic E-state index is 12.4. The lowest BCUT2D eigenvalue weighted by atomic mass is 9.91. The van der Waals surface area contributed by atoms with Crippen LogP contribution in [0.2, 0.25) is 0 Å². The molecule has 6 nitrogen and oxygen atoms in total. The van der Waals surface area contributed by atoms with Gasteiger partial charge in [-0.3, -0.25) is 4.79 Å². The monoisotopic (exact) mass is 610 g/mol. The summed E-state index contributed by atoms with van der Waals surface area (Å²) in [6.07, 6.45) is 26.0. The number of unbranched alkanes of at least 4 members (excludes halogenated alkanes) is 7. The van der Waals surface area contributed by atoms with E-state index in [-0.39, 0.29) is 5.91 Å². The average molecular weight is 610 g/mol. The molecule has 0 aromatic heterocycles. The maximum Gasteiger partial charge on any atom is 0.220 e. The molecule has 0 radical (unpaired) electrons. The van der Waals surface area contributed by atoms with Crippen molar-refractivity contribution in [1.29, 1.82) is 0 Å². The van der Waals surface area contributed by atoms with E-state index >= 15 is 0 Å². The number of hydrogen-bond acceptors (Lipinski definition) is 5. The molecular weight excluding hydrogens is 530 g/mol. The second-order valence-electron chi connectivity index (χ2n) is 14.0. The van der Waals surface area contributed by atoms with Crippen LogP contribution in [-0.2, 0) is 4.79 Å². The van der Waals surface area contributed by atoms with E-state index in [4.69, 9.17) is 11.5 Å². The Hall–Kier alpha value is -0.690. The van der Waals surface area contributed by atoms with Crippen LogP contribution in [0.4, 0.5) is 0 Å². The molecule has 0 spiro atoms. The number of rotatable bonds is 34. The Kier molecular flexibility index (Phi) is 32.2. The van der Waals surface area contributed by atoms with Gasteiger partial charge >= 0.3 is 0 Å². The Morgan fingerprint density at radius 1 is 0.535 bits per heavy atom. The Labute approximate surface area is 269 Å². The van der Waals surface area contributed by atoms with Gasteiger partial charge in [-0.15, -0.1) is 0 Å². The van der Waals surface area contributed by atoms with Gasteiger partial charge < -0.3 is 27.4 Å². The molecule has 0 aliphatic carbocycles. The van der Waals surface area contributed by atoms with Gasteiger partial charge in [0.1, 0.15) is 0 Å². The van der Waals surface area contributed by atoms with Gasteiger partial charge in [0, 0.05) is 13.0 Å². The summed E-state index contributed by atoms with van der Waals surface area (Å²) in [6.45, 7) is 16.2. The molecule has 0 aliphatic rings. The molecule has 7 N–H and O–H groups in total. The van der Waals surface area contributed by atoms with E-state index in [1.54, 1.807) is 0 Å². The molecule has 0 saturated carbocycles. The van der Waals surface area contributed by atoms with Gasteiger partial charge in [-0.2, -0.15) is 0 Å². The fourth-order valence-corrected chi connectivity index (χ4v) is 6.07. The highest BCUT2D eigenvalue weighted by atomic mass is 16.1. The molecule has 0 aromatic rings. The fraction of sp³-hybridized carbons (Fsp3) is 0.973. The zero-order chi connectivity index (χ0) is 31.8. The smallest absolute Gasteiger partial charge is 0.220 e. The van der Waals surface area contributed by atoms with Crippen molar-refractivity contribution in [2.75, 3.05) is 45.8 Å². The SMILES string of the molecule is CCCCC(C)CCCCC(C)CCCC(C)CCC(=O)NCCCCCCC(CNCCCCN)CNCCCCN. The molecule has 0 saturated heterocycles. The van der Waals surface area contributed by atoms with Gasteiger partial charge in [-0.05, 0) is 108 Å². The van der Waals surface area contributed by atoms with Crippen LogP contribution >= 0.6 is 0 Å². The van der Waals surface area contributed by atoms with E-state index < -0.39 is 0 Å². The first-order valence-corrected chi connectivity index (χ1v) is 19.0. The van der Waals surface area contributed by atoms with E-state index in [2.05, 4.69) is 43.6 Å². The number of hydrogen-bond donors (Lipinski definition) is 5. The van der Waals surface area contributed by atoms with Gasteiger partial charge in [-0.25, -0.2) is 0 Å². The molecule has 258 valence electrons. The third-order valence-corrected chi connectivity index (χ3v) is 9.30. The molecule has 0 rings (SSSR count). The first-order chi connectivity index (χ1) is 20.9. The lowest BCUT2D eigenvalue weighted by molar-refractivity contribution is -0.121. The second-order valence-corrected chi connectivity index (χ2v) is 14.0. The quantitative estimate of drug-likeness (QED) is 0.0477. The Bertz CT molecular complexity index is 561. The highest BCUT2D eigenvalue weighted by molar-refractivity contribution is 5.75. The predicted molar refractivity (Wildman–Crippen MR) is 190 cm³/mol. The van der Waals surface area contributed by atoms with Crippen LogP contribution in [0.1, 0.15) is 163 Å². The van der Waals surface area contributed by atoms with Crippen molar-refractivity contribution in [3.05, 3.63) is 0 Å². The van der Waals surface area contributed by atoms with E-state index in [0.717, 1.165) is 96.2 Å². The van der Waals surface area contributed by atoms with Gasteiger partial charge in [-0.1, -0.05) is 111 Å². The van der Waals surface area contributed by atoms with Crippen LogP contribution in [0.3, 0.4) is 0 Å². The zero-order valence-corrected chi connectivity index (χ0v) is 29.7. The van der Waals surface area contributed by atoms with Gasteiger partial charge in [0.05, 0.1) is 0 Å². The summed E-state index contributed by atoms with van der Waals surface area (Å²) in [7, 11) is 0. The summed E-state index contributed by atoms with van der Waals surface area (Å²) in [6, 6.07) is 0. The minimum absolute atomic E-state index is 0.245. The molecule has 3 unspecified atom stereocenters. The molecule has 3 atom stereocenters. The summed E-state index contributed by atoms with van der Waals surface area (Å²) in [5.74, 6) is 3.32. The van der Waals surface area contributed by atoms with Crippen molar-refractivity contribution in [3.8, 4) is 0 Å². The normalized spacial score (nSPS) is 13.8. The van der Waals surface area contributed by atoms with Crippen molar-refractivity contribution >= 4 is 5.91 Å². The van der Waals surface area contributed by atoms with Crippen LogP contribution in [0.25, 0.3) is 0 Å². The van der Waals surface area contributed by atoms with E-state index in [1.165, 1.54) is 89.9 Å². The molecule has 0 heterocycles. The largest absolute Gasteiger partial charge is 0.356 e. The number of nitrogens with one attached hydrogen (secondary N) is 3. The van der Waals surface area contributed by atoms with Crippen LogP contribution in [-0.4, -0.2) is 51.7 Å². The van der Waals surface area contributed by atoms with Crippen molar-refractivity contribution in [1.82, 2.24) is 16.0 Å². The molecular formula is C37H79N5O. The molecule has 43 heavy (non-hydrogen) atoms. The van der Waals surface area contributed by atoms with Crippen LogP contribution in [0, 0.1) is 23.7 Å². The number of nitrogens with two attached hydrogens (primary N) is 2. The summed E-state index contributed by atoms with van der Waals surface area (Å²) in [5, 5.41) is 10.4. The Morgan fingerprint density at radius 3 is 1.56 bits per heavy atom. The van der Waals surface area contributed by atoms with E-state index in [9.17, 15) is 4.79 Å². The molecule has 0 bridgehead atoms.